The SMILES string of the molecule is CCOc1cc([N+](=O)[O-])c(C(=O)OCC(=O)c2cc(C)ccc2C)cc1OC. The topological polar surface area (TPSA) is 105 Å². The fourth-order valence-electron chi connectivity index (χ4n) is 2.61. The van der Waals surface area contributed by atoms with Crippen LogP contribution in [0.4, 0.5) is 5.69 Å². The Morgan fingerprint density at radius 1 is 1.07 bits per heavy atom. The van der Waals surface area contributed by atoms with Crippen molar-refractivity contribution in [3.63, 3.8) is 0 Å². The molecule has 28 heavy (non-hydrogen) atoms. The smallest absolute Gasteiger partial charge is 0.345 e. The molecule has 2 aromatic carbocycles. The predicted molar refractivity (Wildman–Crippen MR) is 101 cm³/mol. The van der Waals surface area contributed by atoms with Crippen molar-refractivity contribution in [2.75, 3.05) is 20.3 Å². The molecular formula is C20H21NO7. The lowest BCUT2D eigenvalue weighted by Gasteiger charge is -2.12. The number of nitrogens with zero attached hydrogens (tertiary/aromatic N) is 1. The normalized spacial score (nSPS) is 10.3. The molecule has 0 aliphatic rings. The maximum Gasteiger partial charge on any atom is 0.345 e. The fourth-order valence-corrected chi connectivity index (χ4v) is 2.61. The molecule has 0 saturated carbocycles. The van der Waals surface area contributed by atoms with Crippen LogP contribution in [-0.2, 0) is 4.74 Å². The van der Waals surface area contributed by atoms with Gasteiger partial charge in [0.2, 0.25) is 5.78 Å². The number of nitro benzene ring substituents is 1. The molecule has 0 aliphatic carbocycles. The Morgan fingerprint density at radius 3 is 2.39 bits per heavy atom. The van der Waals surface area contributed by atoms with E-state index in [1.54, 1.807) is 26.0 Å². The Labute approximate surface area is 162 Å². The van der Waals surface area contributed by atoms with Gasteiger partial charge in [-0.2, -0.15) is 0 Å². The molecule has 0 unspecified atom stereocenters. The summed E-state index contributed by atoms with van der Waals surface area (Å²) in [5.74, 6) is -1.10. The summed E-state index contributed by atoms with van der Waals surface area (Å²) in [7, 11) is 1.35. The van der Waals surface area contributed by atoms with Crippen molar-refractivity contribution in [1.82, 2.24) is 0 Å². The first-order valence-corrected chi connectivity index (χ1v) is 8.55. The first-order valence-electron chi connectivity index (χ1n) is 8.55. The van der Waals surface area contributed by atoms with Crippen molar-refractivity contribution in [2.45, 2.75) is 20.8 Å². The highest BCUT2D eigenvalue weighted by molar-refractivity contribution is 6.01. The van der Waals surface area contributed by atoms with Gasteiger partial charge in [-0.3, -0.25) is 14.9 Å². The second kappa shape index (κ2) is 8.98. The van der Waals surface area contributed by atoms with Gasteiger partial charge in [-0.05, 0) is 32.4 Å². The maximum atomic E-state index is 12.4. The summed E-state index contributed by atoms with van der Waals surface area (Å²) >= 11 is 0. The summed E-state index contributed by atoms with van der Waals surface area (Å²) in [6.45, 7) is 5.07. The van der Waals surface area contributed by atoms with Crippen molar-refractivity contribution in [2.24, 2.45) is 0 Å². The number of ether oxygens (including phenoxy) is 3. The fraction of sp³-hybridized carbons (Fsp3) is 0.300. The molecule has 0 bridgehead atoms. The number of benzene rings is 2. The van der Waals surface area contributed by atoms with Crippen LogP contribution in [0.1, 0.15) is 38.8 Å². The quantitative estimate of drug-likeness (QED) is 0.294. The van der Waals surface area contributed by atoms with Crippen LogP contribution in [-0.4, -0.2) is 37.0 Å². The molecule has 0 aromatic heterocycles. The Bertz CT molecular complexity index is 921. The number of hydrogen-bond acceptors (Lipinski definition) is 7. The van der Waals surface area contributed by atoms with E-state index in [1.807, 2.05) is 13.0 Å². The van der Waals surface area contributed by atoms with Crippen LogP contribution in [0, 0.1) is 24.0 Å². The molecule has 0 radical (unpaired) electrons. The van der Waals surface area contributed by atoms with E-state index in [0.717, 1.165) is 17.2 Å². The summed E-state index contributed by atoms with van der Waals surface area (Å²) in [5, 5.41) is 11.4. The molecular weight excluding hydrogens is 366 g/mol. The summed E-state index contributed by atoms with van der Waals surface area (Å²) in [6, 6.07) is 7.65. The van der Waals surface area contributed by atoms with Crippen LogP contribution in [0.5, 0.6) is 11.5 Å². The van der Waals surface area contributed by atoms with E-state index >= 15 is 0 Å². The molecule has 0 atom stereocenters. The first-order chi connectivity index (χ1) is 13.3. The van der Waals surface area contributed by atoms with Gasteiger partial charge >= 0.3 is 5.97 Å². The zero-order valence-corrected chi connectivity index (χ0v) is 16.1. The number of nitro groups is 1. The Kier molecular flexibility index (Phi) is 6.70. The van der Waals surface area contributed by atoms with Crippen LogP contribution in [0.15, 0.2) is 30.3 Å². The average molecular weight is 387 g/mol. The van der Waals surface area contributed by atoms with E-state index < -0.39 is 29.0 Å². The van der Waals surface area contributed by atoms with Crippen LogP contribution in [0.2, 0.25) is 0 Å². The minimum absolute atomic E-state index is 0.139. The number of carbonyl (C=O) groups excluding carboxylic acids is 2. The van der Waals surface area contributed by atoms with E-state index in [2.05, 4.69) is 0 Å². The van der Waals surface area contributed by atoms with Crippen LogP contribution >= 0.6 is 0 Å². The number of ketones is 1. The number of rotatable bonds is 8. The van der Waals surface area contributed by atoms with Crippen molar-refractivity contribution in [3.05, 3.63) is 62.7 Å². The third-order valence-corrected chi connectivity index (χ3v) is 4.03. The van der Waals surface area contributed by atoms with Crippen molar-refractivity contribution in [1.29, 1.82) is 0 Å². The van der Waals surface area contributed by atoms with E-state index in [1.165, 1.54) is 13.2 Å². The Morgan fingerprint density at radius 2 is 1.79 bits per heavy atom. The number of Topliss-reactive ketones (excluding diaryl/α,β-unsaturated/α-hetero) is 1. The van der Waals surface area contributed by atoms with Crippen molar-refractivity contribution in [3.8, 4) is 11.5 Å². The highest BCUT2D eigenvalue weighted by Crippen LogP contribution is 2.35. The van der Waals surface area contributed by atoms with Crippen LogP contribution in [0.25, 0.3) is 0 Å². The first kappa shape index (κ1) is 20.9. The molecule has 0 spiro atoms. The minimum atomic E-state index is -0.994. The predicted octanol–water partition coefficient (Wildman–Crippen LogP) is 3.66. The van der Waals surface area contributed by atoms with E-state index in [4.69, 9.17) is 14.2 Å². The van der Waals surface area contributed by atoms with Crippen LogP contribution in [0.3, 0.4) is 0 Å². The van der Waals surface area contributed by atoms with Gasteiger partial charge in [-0.1, -0.05) is 17.7 Å². The molecule has 0 fully saturated rings. The van der Waals surface area contributed by atoms with Gasteiger partial charge in [0.1, 0.15) is 5.56 Å². The van der Waals surface area contributed by atoms with Crippen molar-refractivity contribution >= 4 is 17.4 Å². The highest BCUT2D eigenvalue weighted by atomic mass is 16.6. The molecule has 8 heteroatoms. The van der Waals surface area contributed by atoms with Gasteiger partial charge in [0, 0.05) is 11.6 Å². The number of methoxy groups -OCH3 is 1. The molecule has 8 nitrogen and oxygen atoms in total. The molecule has 0 heterocycles. The number of hydrogen-bond donors (Lipinski definition) is 0. The summed E-state index contributed by atoms with van der Waals surface area (Å²) < 4.78 is 15.5. The second-order valence-corrected chi connectivity index (χ2v) is 6.03. The van der Waals surface area contributed by atoms with Gasteiger partial charge in [0.25, 0.3) is 5.69 Å². The van der Waals surface area contributed by atoms with E-state index in [9.17, 15) is 19.7 Å². The van der Waals surface area contributed by atoms with Gasteiger partial charge in [-0.15, -0.1) is 0 Å². The summed E-state index contributed by atoms with van der Waals surface area (Å²) in [6.07, 6.45) is 0. The molecule has 0 aliphatic heterocycles. The lowest BCUT2D eigenvalue weighted by molar-refractivity contribution is -0.385. The zero-order valence-electron chi connectivity index (χ0n) is 16.1. The second-order valence-electron chi connectivity index (χ2n) is 6.03. The van der Waals surface area contributed by atoms with E-state index in [0.29, 0.717) is 5.56 Å². The number of aryl methyl sites for hydroxylation is 2. The summed E-state index contributed by atoms with van der Waals surface area (Å²) in [5.41, 5.74) is 1.27. The van der Waals surface area contributed by atoms with Gasteiger partial charge in [0.15, 0.2) is 18.1 Å². The standard InChI is InChI=1S/C20H21NO7/c1-5-27-19-10-16(21(24)25)15(9-18(19)26-4)20(23)28-11-17(22)14-8-12(2)6-7-13(14)3/h6-10H,5,11H2,1-4H3. The van der Waals surface area contributed by atoms with Gasteiger partial charge in [0.05, 0.1) is 24.7 Å². The van der Waals surface area contributed by atoms with Crippen molar-refractivity contribution < 1.29 is 28.7 Å². The molecule has 0 amide bonds. The summed E-state index contributed by atoms with van der Waals surface area (Å²) in [4.78, 5) is 35.4. The zero-order chi connectivity index (χ0) is 20.8. The highest BCUT2D eigenvalue weighted by Gasteiger charge is 2.26. The monoisotopic (exact) mass is 387 g/mol. The maximum absolute atomic E-state index is 12.4. The van der Waals surface area contributed by atoms with Gasteiger partial charge < -0.3 is 14.2 Å². The number of esters is 1. The molecule has 0 N–H and O–H groups in total. The third-order valence-electron chi connectivity index (χ3n) is 4.03. The Balaban J connectivity index is 2.26. The van der Waals surface area contributed by atoms with E-state index in [-0.39, 0.29) is 23.7 Å². The lowest BCUT2D eigenvalue weighted by atomic mass is 10.0. The number of carbonyl (C=O) groups is 2. The Hall–Kier alpha value is -3.42. The average Bonchev–Trinajstić information content (AvgIpc) is 2.67. The third kappa shape index (κ3) is 4.64. The molecule has 2 aromatic rings. The molecule has 0 saturated heterocycles. The molecule has 148 valence electrons. The van der Waals surface area contributed by atoms with Gasteiger partial charge in [-0.25, -0.2) is 4.79 Å². The van der Waals surface area contributed by atoms with Crippen LogP contribution < -0.4 is 9.47 Å². The largest absolute Gasteiger partial charge is 0.493 e. The molecule has 2 rings (SSSR count). The lowest BCUT2D eigenvalue weighted by Crippen LogP contribution is -2.16. The minimum Gasteiger partial charge on any atom is -0.493 e.